The van der Waals surface area contributed by atoms with Crippen LogP contribution in [-0.2, 0) is 57.4 Å². The van der Waals surface area contributed by atoms with Gasteiger partial charge in [0.05, 0.1) is 33.0 Å². The third-order valence-electron chi connectivity index (χ3n) is 10.9. The lowest BCUT2D eigenvalue weighted by Crippen LogP contribution is -2.67. The van der Waals surface area contributed by atoms with Crippen molar-refractivity contribution in [2.75, 3.05) is 20.3 Å². The molecule has 0 saturated carbocycles. The summed E-state index contributed by atoms with van der Waals surface area (Å²) in [6.07, 6.45) is -6.48. The Bertz CT molecular complexity index is 1890. The van der Waals surface area contributed by atoms with Gasteiger partial charge in [0, 0.05) is 7.11 Å². The Labute approximate surface area is 343 Å². The van der Waals surface area contributed by atoms with Gasteiger partial charge in [0.2, 0.25) is 0 Å². The SMILES string of the molecule is CO[C@H]1O[C@H](CO[Si](c2ccccc2)(c2ccccc2)C(C)(C)C)[C@@H](O[C@H]2O[C@H](COCc3ccccc3)[C@@H](OCc3ccccc3)[C@@H]2O)[C@@H]1OCc1ccccc1. The summed E-state index contributed by atoms with van der Waals surface area (Å²) in [4.78, 5) is 0. The molecule has 2 aliphatic heterocycles. The summed E-state index contributed by atoms with van der Waals surface area (Å²) in [7, 11) is -1.37. The average molecular weight is 805 g/mol. The predicted molar refractivity (Wildman–Crippen MR) is 225 cm³/mol. The summed E-state index contributed by atoms with van der Waals surface area (Å²) in [6.45, 7) is 8.04. The van der Waals surface area contributed by atoms with Gasteiger partial charge in [-0.25, -0.2) is 0 Å². The highest BCUT2D eigenvalue weighted by Crippen LogP contribution is 2.39. The van der Waals surface area contributed by atoms with E-state index in [1.54, 1.807) is 7.11 Å². The van der Waals surface area contributed by atoms with Crippen LogP contribution in [0.1, 0.15) is 37.5 Å². The Kier molecular flexibility index (Phi) is 14.4. The second-order valence-corrected chi connectivity index (χ2v) is 20.2. The number of aliphatic hydroxyl groups is 1. The largest absolute Gasteiger partial charge is 0.405 e. The van der Waals surface area contributed by atoms with E-state index in [0.29, 0.717) is 13.2 Å². The van der Waals surface area contributed by atoms with Crippen LogP contribution in [0.5, 0.6) is 0 Å². The first-order valence-corrected chi connectivity index (χ1v) is 22.0. The van der Waals surface area contributed by atoms with Gasteiger partial charge in [-0.2, -0.15) is 0 Å². The number of hydrogen-bond donors (Lipinski definition) is 1. The fourth-order valence-corrected chi connectivity index (χ4v) is 12.6. The molecule has 7 rings (SSSR count). The van der Waals surface area contributed by atoms with E-state index in [4.69, 9.17) is 37.6 Å². The maximum absolute atomic E-state index is 12.0. The van der Waals surface area contributed by atoms with E-state index in [1.807, 2.05) is 103 Å². The molecule has 8 atom stereocenters. The molecule has 5 aromatic rings. The van der Waals surface area contributed by atoms with E-state index < -0.39 is 57.5 Å². The highest BCUT2D eigenvalue weighted by molar-refractivity contribution is 6.99. The van der Waals surface area contributed by atoms with Crippen molar-refractivity contribution in [3.05, 3.63) is 168 Å². The molecule has 0 amide bonds. The molecule has 1 N–H and O–H groups in total. The van der Waals surface area contributed by atoms with Gasteiger partial charge in [-0.15, -0.1) is 0 Å². The minimum Gasteiger partial charge on any atom is -0.405 e. The van der Waals surface area contributed by atoms with Crippen LogP contribution < -0.4 is 10.4 Å². The first-order valence-electron chi connectivity index (χ1n) is 20.1. The molecule has 58 heavy (non-hydrogen) atoms. The number of hydrogen-bond acceptors (Lipinski definition) is 9. The van der Waals surface area contributed by atoms with Gasteiger partial charge < -0.3 is 42.7 Å². The Hall–Kier alpha value is -4.04. The van der Waals surface area contributed by atoms with Gasteiger partial charge in [-0.3, -0.25) is 0 Å². The third-order valence-corrected chi connectivity index (χ3v) is 15.9. The van der Waals surface area contributed by atoms with Crippen LogP contribution in [0.15, 0.2) is 152 Å². The highest BCUT2D eigenvalue weighted by Gasteiger charge is 2.55. The molecule has 0 radical (unpaired) electrons. The zero-order valence-electron chi connectivity index (χ0n) is 33.8. The first-order chi connectivity index (χ1) is 28.3. The normalized spacial score (nSPS) is 24.9. The summed E-state index contributed by atoms with van der Waals surface area (Å²) >= 11 is 0. The third kappa shape index (κ3) is 9.86. The van der Waals surface area contributed by atoms with E-state index in [1.165, 1.54) is 0 Å². The van der Waals surface area contributed by atoms with Crippen LogP contribution in [0.2, 0.25) is 5.04 Å². The van der Waals surface area contributed by atoms with E-state index >= 15 is 0 Å². The number of aliphatic hydroxyl groups excluding tert-OH is 1. The summed E-state index contributed by atoms with van der Waals surface area (Å²) in [5.41, 5.74) is 3.00. The van der Waals surface area contributed by atoms with Crippen molar-refractivity contribution in [1.82, 2.24) is 0 Å². The number of benzene rings is 5. The van der Waals surface area contributed by atoms with Gasteiger partial charge >= 0.3 is 0 Å². The zero-order chi connectivity index (χ0) is 40.4. The van der Waals surface area contributed by atoms with Crippen LogP contribution in [0.25, 0.3) is 0 Å². The van der Waals surface area contributed by atoms with E-state index in [0.717, 1.165) is 27.1 Å². The van der Waals surface area contributed by atoms with Crippen molar-refractivity contribution in [3.8, 4) is 0 Å². The fourth-order valence-electron chi connectivity index (χ4n) is 8.04. The Morgan fingerprint density at radius 1 is 0.534 bits per heavy atom. The molecule has 0 aliphatic carbocycles. The van der Waals surface area contributed by atoms with Crippen molar-refractivity contribution in [2.24, 2.45) is 0 Å². The number of rotatable bonds is 18. The van der Waals surface area contributed by atoms with Crippen LogP contribution >= 0.6 is 0 Å². The van der Waals surface area contributed by atoms with Crippen molar-refractivity contribution < 1.29 is 42.7 Å². The van der Waals surface area contributed by atoms with E-state index in [-0.39, 0.29) is 24.9 Å². The molecule has 0 spiro atoms. The molecule has 0 bridgehead atoms. The summed E-state index contributed by atoms with van der Waals surface area (Å²) < 4.78 is 52.5. The maximum atomic E-state index is 12.0. The molecule has 2 saturated heterocycles. The number of ether oxygens (including phenoxy) is 7. The summed E-state index contributed by atoms with van der Waals surface area (Å²) in [5, 5.41) is 14.0. The quantitative estimate of drug-likeness (QED) is 0.0962. The lowest BCUT2D eigenvalue weighted by atomic mass is 10.1. The van der Waals surface area contributed by atoms with Crippen molar-refractivity contribution in [1.29, 1.82) is 0 Å². The molecule has 2 aliphatic rings. The minimum atomic E-state index is -2.97. The minimum absolute atomic E-state index is 0.170. The van der Waals surface area contributed by atoms with Crippen molar-refractivity contribution in [3.63, 3.8) is 0 Å². The van der Waals surface area contributed by atoms with Crippen LogP contribution in [0.3, 0.4) is 0 Å². The lowest BCUT2D eigenvalue weighted by Gasteiger charge is -2.43. The zero-order valence-corrected chi connectivity index (χ0v) is 34.8. The molecule has 10 heteroatoms. The molecule has 5 aromatic carbocycles. The monoisotopic (exact) mass is 804 g/mol. The van der Waals surface area contributed by atoms with Crippen LogP contribution in [-0.4, -0.2) is 83.0 Å². The van der Waals surface area contributed by atoms with Crippen LogP contribution in [0, 0.1) is 0 Å². The fraction of sp³-hybridized carbons (Fsp3) is 0.375. The highest BCUT2D eigenvalue weighted by atomic mass is 28.4. The molecular formula is C48H56O9Si. The molecule has 2 heterocycles. The van der Waals surface area contributed by atoms with Gasteiger partial charge in [-0.1, -0.05) is 172 Å². The van der Waals surface area contributed by atoms with E-state index in [2.05, 4.69) is 69.3 Å². The first kappa shape index (κ1) is 42.1. The predicted octanol–water partition coefficient (Wildman–Crippen LogP) is 6.79. The van der Waals surface area contributed by atoms with Gasteiger partial charge in [-0.05, 0) is 32.1 Å². The topological polar surface area (TPSA) is 94.1 Å². The smallest absolute Gasteiger partial charge is 0.261 e. The van der Waals surface area contributed by atoms with Crippen LogP contribution in [0.4, 0.5) is 0 Å². The molecule has 9 nitrogen and oxygen atoms in total. The molecule has 306 valence electrons. The summed E-state index contributed by atoms with van der Waals surface area (Å²) in [6, 6.07) is 50.7. The Morgan fingerprint density at radius 2 is 0.966 bits per heavy atom. The molecule has 0 unspecified atom stereocenters. The molecular weight excluding hydrogens is 749 g/mol. The number of methoxy groups -OCH3 is 1. The van der Waals surface area contributed by atoms with Gasteiger partial charge in [0.25, 0.3) is 8.32 Å². The second kappa shape index (κ2) is 19.8. The second-order valence-electron chi connectivity index (χ2n) is 15.9. The van der Waals surface area contributed by atoms with E-state index in [9.17, 15) is 5.11 Å². The van der Waals surface area contributed by atoms with Crippen molar-refractivity contribution >= 4 is 18.7 Å². The average Bonchev–Trinajstić information content (AvgIpc) is 3.75. The molecule has 2 fully saturated rings. The van der Waals surface area contributed by atoms with Gasteiger partial charge in [0.1, 0.15) is 36.6 Å². The standard InChI is InChI=1S/C48H56O9Si/c1-48(2,3)58(38-26-16-8-17-27-38,39-28-18-9-19-29-39)54-34-41-44(45(47(50-4)56-41)53-32-37-24-14-7-15-25-37)57-46-42(49)43(52-31-36-22-12-6-13-23-36)40(55-46)33-51-30-35-20-10-5-11-21-35/h5-29,40-47,49H,30-34H2,1-4H3/t40-,41-,42+,43-,44-,45+,46-,47+/m1/s1. The van der Waals surface area contributed by atoms with Crippen molar-refractivity contribution in [2.45, 2.75) is 94.8 Å². The maximum Gasteiger partial charge on any atom is 0.261 e. The molecule has 0 aromatic heterocycles. The summed E-state index contributed by atoms with van der Waals surface area (Å²) in [5.74, 6) is 0. The Morgan fingerprint density at radius 3 is 1.45 bits per heavy atom. The van der Waals surface area contributed by atoms with Gasteiger partial charge in [0.15, 0.2) is 12.6 Å². The Balaban J connectivity index is 1.17. The lowest BCUT2D eigenvalue weighted by molar-refractivity contribution is -0.222.